The number of carbonyl (C=O) groups is 3. The number of benzene rings is 1. The van der Waals surface area contributed by atoms with Crippen molar-refractivity contribution in [2.75, 3.05) is 5.73 Å². The fraction of sp³-hybridized carbons (Fsp3) is 0. The molecule has 0 aromatic heterocycles. The van der Waals surface area contributed by atoms with Crippen LogP contribution in [0.2, 0.25) is 0 Å². The summed E-state index contributed by atoms with van der Waals surface area (Å²) in [6.45, 7) is 0. The minimum Gasteiger partial charge on any atom is -0.399 e. The highest BCUT2D eigenvalue weighted by Crippen LogP contribution is 2.04. The summed E-state index contributed by atoms with van der Waals surface area (Å²) in [5.74, 6) is -3.05. The van der Waals surface area contributed by atoms with Gasteiger partial charge in [0.15, 0.2) is 0 Å². The molecular formula is C9H9N3O3. The lowest BCUT2D eigenvalue weighted by Crippen LogP contribution is -2.39. The van der Waals surface area contributed by atoms with Crippen molar-refractivity contribution in [3.8, 4) is 0 Å². The molecule has 0 atom stereocenters. The van der Waals surface area contributed by atoms with Gasteiger partial charge in [0, 0.05) is 11.3 Å². The van der Waals surface area contributed by atoms with Crippen molar-refractivity contribution in [2.24, 2.45) is 5.73 Å². The van der Waals surface area contributed by atoms with Crippen LogP contribution in [0.15, 0.2) is 24.3 Å². The van der Waals surface area contributed by atoms with E-state index in [-0.39, 0.29) is 5.56 Å². The summed E-state index contributed by atoms with van der Waals surface area (Å²) < 4.78 is 0. The molecule has 0 spiro atoms. The molecule has 0 unspecified atom stereocenters. The van der Waals surface area contributed by atoms with Crippen molar-refractivity contribution < 1.29 is 14.4 Å². The summed E-state index contributed by atoms with van der Waals surface area (Å²) in [5.41, 5.74) is 10.8. The number of carbonyl (C=O) groups excluding carboxylic acids is 3. The highest BCUT2D eigenvalue weighted by atomic mass is 16.2. The molecule has 78 valence electrons. The standard InChI is InChI=1S/C9H9N3O3/c10-6-3-1-5(2-4-6)8(14)12-9(15)7(11)13/h1-4H,10H2,(H2,11,13)(H,12,14,15). The van der Waals surface area contributed by atoms with Crippen LogP contribution in [-0.4, -0.2) is 17.7 Å². The van der Waals surface area contributed by atoms with Crippen molar-refractivity contribution in [1.82, 2.24) is 5.32 Å². The molecule has 0 radical (unpaired) electrons. The second-order valence-electron chi connectivity index (χ2n) is 2.77. The van der Waals surface area contributed by atoms with Gasteiger partial charge in [-0.05, 0) is 24.3 Å². The molecule has 0 heterocycles. The van der Waals surface area contributed by atoms with Crippen LogP contribution < -0.4 is 16.8 Å². The number of rotatable bonds is 1. The molecule has 3 amide bonds. The zero-order valence-electron chi connectivity index (χ0n) is 7.69. The van der Waals surface area contributed by atoms with Crippen LogP contribution >= 0.6 is 0 Å². The van der Waals surface area contributed by atoms with E-state index in [4.69, 9.17) is 5.73 Å². The molecule has 1 aromatic rings. The van der Waals surface area contributed by atoms with Gasteiger partial charge in [0.2, 0.25) is 0 Å². The quantitative estimate of drug-likeness (QED) is 0.405. The molecule has 0 saturated heterocycles. The van der Waals surface area contributed by atoms with Crippen LogP contribution in [0.25, 0.3) is 0 Å². The smallest absolute Gasteiger partial charge is 0.315 e. The van der Waals surface area contributed by atoms with Gasteiger partial charge >= 0.3 is 11.8 Å². The fourth-order valence-electron chi connectivity index (χ4n) is 0.871. The minimum atomic E-state index is -1.21. The zero-order chi connectivity index (χ0) is 11.4. The molecule has 1 rings (SSSR count). The fourth-order valence-corrected chi connectivity index (χ4v) is 0.871. The van der Waals surface area contributed by atoms with Gasteiger partial charge < -0.3 is 11.5 Å². The molecule has 15 heavy (non-hydrogen) atoms. The first kappa shape index (κ1) is 10.7. The molecule has 0 aliphatic rings. The van der Waals surface area contributed by atoms with Crippen molar-refractivity contribution in [1.29, 1.82) is 0 Å². The number of hydrogen-bond acceptors (Lipinski definition) is 4. The molecule has 5 N–H and O–H groups in total. The first-order valence-corrected chi connectivity index (χ1v) is 4.01. The van der Waals surface area contributed by atoms with E-state index < -0.39 is 17.7 Å². The van der Waals surface area contributed by atoms with Gasteiger partial charge in [0.05, 0.1) is 0 Å². The third-order valence-electron chi connectivity index (χ3n) is 1.62. The summed E-state index contributed by atoms with van der Waals surface area (Å²) in [6, 6.07) is 5.87. The topological polar surface area (TPSA) is 115 Å². The zero-order valence-corrected chi connectivity index (χ0v) is 7.69. The van der Waals surface area contributed by atoms with Gasteiger partial charge in [-0.25, -0.2) is 0 Å². The minimum absolute atomic E-state index is 0.221. The Kier molecular flexibility index (Phi) is 3.02. The number of imide groups is 1. The lowest BCUT2D eigenvalue weighted by molar-refractivity contribution is -0.136. The Morgan fingerprint density at radius 2 is 1.60 bits per heavy atom. The maximum Gasteiger partial charge on any atom is 0.315 e. The maximum atomic E-state index is 11.3. The molecule has 0 fully saturated rings. The average Bonchev–Trinajstić information content (AvgIpc) is 2.18. The number of primary amides is 1. The van der Waals surface area contributed by atoms with Gasteiger partial charge in [0.1, 0.15) is 0 Å². The lowest BCUT2D eigenvalue weighted by Gasteiger charge is -2.01. The SMILES string of the molecule is NC(=O)C(=O)NC(=O)c1ccc(N)cc1. The van der Waals surface area contributed by atoms with Crippen LogP contribution in [0.4, 0.5) is 5.69 Å². The van der Waals surface area contributed by atoms with E-state index in [0.717, 1.165) is 0 Å². The average molecular weight is 207 g/mol. The Labute approximate surface area is 85.2 Å². The van der Waals surface area contributed by atoms with Gasteiger partial charge in [-0.2, -0.15) is 0 Å². The van der Waals surface area contributed by atoms with Crippen LogP contribution in [0.1, 0.15) is 10.4 Å². The van der Waals surface area contributed by atoms with Crippen molar-refractivity contribution in [2.45, 2.75) is 0 Å². The van der Waals surface area contributed by atoms with E-state index in [9.17, 15) is 14.4 Å². The maximum absolute atomic E-state index is 11.3. The Hall–Kier alpha value is -2.37. The summed E-state index contributed by atoms with van der Waals surface area (Å²) in [4.78, 5) is 32.4. The molecule has 6 nitrogen and oxygen atoms in total. The predicted octanol–water partition coefficient (Wildman–Crippen LogP) is -0.989. The lowest BCUT2D eigenvalue weighted by atomic mass is 10.2. The van der Waals surface area contributed by atoms with Crippen molar-refractivity contribution >= 4 is 23.4 Å². The van der Waals surface area contributed by atoms with Gasteiger partial charge in [0.25, 0.3) is 5.91 Å². The normalized spacial score (nSPS) is 9.33. The highest BCUT2D eigenvalue weighted by molar-refractivity contribution is 6.38. The number of nitrogen functional groups attached to an aromatic ring is 1. The molecule has 0 aliphatic heterocycles. The number of amides is 3. The predicted molar refractivity (Wildman–Crippen MR) is 52.5 cm³/mol. The largest absolute Gasteiger partial charge is 0.399 e. The van der Waals surface area contributed by atoms with Gasteiger partial charge in [-0.3, -0.25) is 19.7 Å². The summed E-state index contributed by atoms with van der Waals surface area (Å²) in [5, 5.41) is 1.82. The summed E-state index contributed by atoms with van der Waals surface area (Å²) in [7, 11) is 0. The Bertz CT molecular complexity index is 411. The molecule has 0 saturated carbocycles. The van der Waals surface area contributed by atoms with Crippen LogP contribution in [0.5, 0.6) is 0 Å². The number of nitrogens with two attached hydrogens (primary N) is 2. The Morgan fingerprint density at radius 3 is 2.07 bits per heavy atom. The summed E-state index contributed by atoms with van der Waals surface area (Å²) in [6.07, 6.45) is 0. The molecule has 6 heteroatoms. The molecule has 0 bridgehead atoms. The van der Waals surface area contributed by atoms with E-state index in [0.29, 0.717) is 5.69 Å². The van der Waals surface area contributed by atoms with Crippen molar-refractivity contribution in [3.05, 3.63) is 29.8 Å². The molecule has 0 aliphatic carbocycles. The van der Waals surface area contributed by atoms with Gasteiger partial charge in [-0.1, -0.05) is 0 Å². The second kappa shape index (κ2) is 4.23. The van der Waals surface area contributed by atoms with E-state index in [2.05, 4.69) is 5.73 Å². The third-order valence-corrected chi connectivity index (χ3v) is 1.62. The number of hydrogen-bond donors (Lipinski definition) is 3. The van der Waals surface area contributed by atoms with E-state index >= 15 is 0 Å². The first-order chi connectivity index (χ1) is 7.00. The van der Waals surface area contributed by atoms with Crippen LogP contribution in [0, 0.1) is 0 Å². The molecule has 1 aromatic carbocycles. The Balaban J connectivity index is 2.74. The third kappa shape index (κ3) is 2.80. The summed E-state index contributed by atoms with van der Waals surface area (Å²) >= 11 is 0. The van der Waals surface area contributed by atoms with Crippen molar-refractivity contribution in [3.63, 3.8) is 0 Å². The van der Waals surface area contributed by atoms with E-state index in [1.165, 1.54) is 24.3 Å². The van der Waals surface area contributed by atoms with Crippen LogP contribution in [0.3, 0.4) is 0 Å². The van der Waals surface area contributed by atoms with E-state index in [1.54, 1.807) is 0 Å². The second-order valence-corrected chi connectivity index (χ2v) is 2.77. The van der Waals surface area contributed by atoms with Gasteiger partial charge in [-0.15, -0.1) is 0 Å². The number of anilines is 1. The number of nitrogens with one attached hydrogen (secondary N) is 1. The monoisotopic (exact) mass is 207 g/mol. The first-order valence-electron chi connectivity index (χ1n) is 4.01. The van der Waals surface area contributed by atoms with E-state index in [1.807, 2.05) is 5.32 Å². The van der Waals surface area contributed by atoms with Crippen LogP contribution in [-0.2, 0) is 9.59 Å². The molecular weight excluding hydrogens is 198 g/mol. The Morgan fingerprint density at radius 1 is 1.07 bits per heavy atom. The highest BCUT2D eigenvalue weighted by Gasteiger charge is 2.13.